The lowest BCUT2D eigenvalue weighted by atomic mass is 9.94. The highest BCUT2D eigenvalue weighted by Gasteiger charge is 2.41. The summed E-state index contributed by atoms with van der Waals surface area (Å²) in [7, 11) is 3.46. The second kappa shape index (κ2) is 7.47. The van der Waals surface area contributed by atoms with E-state index in [2.05, 4.69) is 14.9 Å². The van der Waals surface area contributed by atoms with Crippen molar-refractivity contribution in [2.75, 3.05) is 33.7 Å². The number of rotatable bonds is 5. The minimum Gasteiger partial charge on any atom is -0.347 e. The van der Waals surface area contributed by atoms with Gasteiger partial charge in [0.05, 0.1) is 11.6 Å². The Morgan fingerprint density at radius 1 is 1.32 bits per heavy atom. The Morgan fingerprint density at radius 3 is 2.84 bits per heavy atom. The minimum atomic E-state index is -0.0177. The first-order chi connectivity index (χ1) is 12.0. The molecule has 7 heteroatoms. The van der Waals surface area contributed by atoms with E-state index in [-0.39, 0.29) is 30.3 Å². The number of aryl methyl sites for hydroxylation is 1. The van der Waals surface area contributed by atoms with Crippen LogP contribution in [-0.4, -0.2) is 76.3 Å². The number of amides is 2. The Labute approximate surface area is 149 Å². The summed E-state index contributed by atoms with van der Waals surface area (Å²) in [6, 6.07) is 2.06. The molecule has 136 valence electrons. The molecular formula is C18H27N5O2. The molecule has 0 N–H and O–H groups in total. The van der Waals surface area contributed by atoms with Gasteiger partial charge in [0.2, 0.25) is 11.8 Å². The molecule has 0 aliphatic carbocycles. The molecular weight excluding hydrogens is 318 g/mol. The predicted molar refractivity (Wildman–Crippen MR) is 93.6 cm³/mol. The van der Waals surface area contributed by atoms with Gasteiger partial charge in [-0.2, -0.15) is 0 Å². The molecule has 2 atom stereocenters. The predicted octanol–water partition coefficient (Wildman–Crippen LogP) is 0.550. The second-order valence-corrected chi connectivity index (χ2v) is 7.19. The second-order valence-electron chi connectivity index (χ2n) is 7.19. The van der Waals surface area contributed by atoms with Crippen molar-refractivity contribution in [3.63, 3.8) is 0 Å². The standard InChI is InChI=1S/C18H27N5O2/c1-4-16-19-8-7-14(20-16)10-22-9-13-5-6-15(11-22)23(18(13)25)12-17(24)21(2)3/h7-8,13,15H,4-6,9-12H2,1-3H3/t13-,15+/m1/s1. The third-order valence-electron chi connectivity index (χ3n) is 5.14. The largest absolute Gasteiger partial charge is 0.347 e. The Balaban J connectivity index is 1.72. The molecule has 2 bridgehead atoms. The highest BCUT2D eigenvalue weighted by molar-refractivity contribution is 5.86. The summed E-state index contributed by atoms with van der Waals surface area (Å²) in [4.78, 5) is 39.4. The summed E-state index contributed by atoms with van der Waals surface area (Å²) < 4.78 is 0. The van der Waals surface area contributed by atoms with Gasteiger partial charge in [0.1, 0.15) is 12.4 Å². The van der Waals surface area contributed by atoms with Gasteiger partial charge in [-0.15, -0.1) is 0 Å². The van der Waals surface area contributed by atoms with Crippen molar-refractivity contribution in [1.29, 1.82) is 0 Å². The van der Waals surface area contributed by atoms with Crippen LogP contribution in [0.1, 0.15) is 31.3 Å². The fourth-order valence-electron chi connectivity index (χ4n) is 3.68. The van der Waals surface area contributed by atoms with Crippen molar-refractivity contribution in [2.24, 2.45) is 5.92 Å². The SMILES string of the molecule is CCc1nccc(CN2C[C@H]3CC[C@@H](C2)N(CC(=O)N(C)C)C3=O)n1. The summed E-state index contributed by atoms with van der Waals surface area (Å²) in [5, 5.41) is 0. The summed E-state index contributed by atoms with van der Waals surface area (Å²) in [5.41, 5.74) is 0.997. The summed E-state index contributed by atoms with van der Waals surface area (Å²) in [6.45, 7) is 4.50. The molecule has 25 heavy (non-hydrogen) atoms. The van der Waals surface area contributed by atoms with E-state index in [1.807, 2.05) is 13.0 Å². The van der Waals surface area contributed by atoms with Gasteiger partial charge in [-0.1, -0.05) is 6.92 Å². The molecule has 0 spiro atoms. The number of carbonyl (C=O) groups excluding carboxylic acids is 2. The van der Waals surface area contributed by atoms with Crippen LogP contribution in [0.4, 0.5) is 0 Å². The Hall–Kier alpha value is -2.02. The molecule has 1 aromatic rings. The van der Waals surface area contributed by atoms with Crippen LogP contribution in [-0.2, 0) is 22.6 Å². The number of carbonyl (C=O) groups is 2. The molecule has 0 aromatic carbocycles. The zero-order valence-corrected chi connectivity index (χ0v) is 15.3. The third-order valence-corrected chi connectivity index (χ3v) is 5.14. The lowest BCUT2D eigenvalue weighted by molar-refractivity contribution is -0.145. The van der Waals surface area contributed by atoms with E-state index in [1.54, 1.807) is 30.1 Å². The molecule has 2 amide bonds. The first-order valence-corrected chi connectivity index (χ1v) is 9.01. The van der Waals surface area contributed by atoms with Crippen molar-refractivity contribution in [3.8, 4) is 0 Å². The van der Waals surface area contributed by atoms with E-state index in [4.69, 9.17) is 0 Å². The van der Waals surface area contributed by atoms with Crippen molar-refractivity contribution in [1.82, 2.24) is 24.7 Å². The van der Waals surface area contributed by atoms with Crippen LogP contribution in [0.3, 0.4) is 0 Å². The van der Waals surface area contributed by atoms with Crippen molar-refractivity contribution >= 4 is 11.8 Å². The van der Waals surface area contributed by atoms with Gasteiger partial charge < -0.3 is 9.80 Å². The fraction of sp³-hybridized carbons (Fsp3) is 0.667. The molecule has 0 unspecified atom stereocenters. The Morgan fingerprint density at radius 2 is 2.12 bits per heavy atom. The average Bonchev–Trinajstić information content (AvgIpc) is 2.86. The van der Waals surface area contributed by atoms with E-state index in [9.17, 15) is 9.59 Å². The highest BCUT2D eigenvalue weighted by atomic mass is 16.2. The molecule has 3 aliphatic rings. The van der Waals surface area contributed by atoms with Crippen LogP contribution in [0.15, 0.2) is 12.3 Å². The zero-order chi connectivity index (χ0) is 18.0. The van der Waals surface area contributed by atoms with E-state index >= 15 is 0 Å². The highest BCUT2D eigenvalue weighted by Crippen LogP contribution is 2.29. The van der Waals surface area contributed by atoms with Crippen molar-refractivity contribution < 1.29 is 9.59 Å². The van der Waals surface area contributed by atoms with E-state index in [1.165, 1.54) is 0 Å². The van der Waals surface area contributed by atoms with Gasteiger partial charge in [0.15, 0.2) is 0 Å². The van der Waals surface area contributed by atoms with Crippen LogP contribution in [0, 0.1) is 5.92 Å². The smallest absolute Gasteiger partial charge is 0.241 e. The molecule has 3 saturated heterocycles. The van der Waals surface area contributed by atoms with Gasteiger partial charge in [0.25, 0.3) is 0 Å². The van der Waals surface area contributed by atoms with Gasteiger partial charge in [-0.3, -0.25) is 14.5 Å². The zero-order valence-electron chi connectivity index (χ0n) is 15.3. The lowest BCUT2D eigenvalue weighted by Gasteiger charge is -2.36. The van der Waals surface area contributed by atoms with Crippen LogP contribution in [0.2, 0.25) is 0 Å². The number of likely N-dealkylation sites (N-methyl/N-ethyl adjacent to an activating group) is 1. The van der Waals surface area contributed by atoms with E-state index < -0.39 is 0 Å². The van der Waals surface area contributed by atoms with Crippen LogP contribution in [0.25, 0.3) is 0 Å². The number of hydrogen-bond donors (Lipinski definition) is 0. The summed E-state index contributed by atoms with van der Waals surface area (Å²) in [5.74, 6) is 0.951. The lowest BCUT2D eigenvalue weighted by Crippen LogP contribution is -2.51. The number of nitrogens with zero attached hydrogens (tertiary/aromatic N) is 5. The molecule has 3 aliphatic heterocycles. The third kappa shape index (κ3) is 3.98. The van der Waals surface area contributed by atoms with E-state index in [0.717, 1.165) is 50.4 Å². The minimum absolute atomic E-state index is 0.0128. The van der Waals surface area contributed by atoms with Gasteiger partial charge in [0, 0.05) is 52.4 Å². The summed E-state index contributed by atoms with van der Waals surface area (Å²) >= 11 is 0. The number of aromatic nitrogens is 2. The first-order valence-electron chi connectivity index (χ1n) is 9.01. The van der Waals surface area contributed by atoms with Crippen LogP contribution < -0.4 is 0 Å². The van der Waals surface area contributed by atoms with Gasteiger partial charge in [-0.25, -0.2) is 9.97 Å². The maximum Gasteiger partial charge on any atom is 0.241 e. The van der Waals surface area contributed by atoms with E-state index in [0.29, 0.717) is 0 Å². The molecule has 7 nitrogen and oxygen atoms in total. The van der Waals surface area contributed by atoms with Gasteiger partial charge >= 0.3 is 0 Å². The van der Waals surface area contributed by atoms with Gasteiger partial charge in [-0.05, 0) is 18.9 Å². The van der Waals surface area contributed by atoms with Crippen molar-refractivity contribution in [3.05, 3.63) is 23.8 Å². The maximum absolute atomic E-state index is 12.8. The Kier molecular flexibility index (Phi) is 5.32. The molecule has 0 radical (unpaired) electrons. The van der Waals surface area contributed by atoms with Crippen LogP contribution in [0.5, 0.6) is 0 Å². The molecule has 4 heterocycles. The molecule has 3 fully saturated rings. The number of hydrogen-bond acceptors (Lipinski definition) is 5. The fourth-order valence-corrected chi connectivity index (χ4v) is 3.68. The topological polar surface area (TPSA) is 69.6 Å². The average molecular weight is 345 g/mol. The first kappa shape index (κ1) is 17.8. The maximum atomic E-state index is 12.8. The normalized spacial score (nSPS) is 23.6. The molecule has 0 saturated carbocycles. The summed E-state index contributed by atoms with van der Waals surface area (Å²) in [6.07, 6.45) is 4.51. The number of piperidine rings is 1. The quantitative estimate of drug-likeness (QED) is 0.779. The molecule has 1 aromatic heterocycles. The Bertz CT molecular complexity index is 648. The van der Waals surface area contributed by atoms with Crippen molar-refractivity contribution in [2.45, 2.75) is 38.8 Å². The molecule has 4 rings (SSSR count). The van der Waals surface area contributed by atoms with Crippen LogP contribution >= 0.6 is 0 Å². The monoisotopic (exact) mass is 345 g/mol. The number of fused-ring (bicyclic) bond motifs is 4.